The third kappa shape index (κ3) is 8.17. The van der Waals surface area contributed by atoms with Crippen LogP contribution in [0.4, 0.5) is 10.3 Å². The number of benzene rings is 1. The van der Waals surface area contributed by atoms with E-state index in [4.69, 9.17) is 4.98 Å². The molecular weight excluding hydrogens is 626 g/mol. The number of hydrogen-bond acceptors (Lipinski definition) is 7. The summed E-state index contributed by atoms with van der Waals surface area (Å²) < 4.78 is 15.7. The highest BCUT2D eigenvalue weighted by Crippen LogP contribution is 2.31. The number of anilines is 1. The lowest BCUT2D eigenvalue weighted by Gasteiger charge is -2.28. The van der Waals surface area contributed by atoms with Crippen LogP contribution in [0.25, 0.3) is 21.5 Å². The second-order valence-corrected chi connectivity index (χ2v) is 15.7. The van der Waals surface area contributed by atoms with Crippen molar-refractivity contribution in [1.29, 1.82) is 5.26 Å². The molecule has 0 aliphatic carbocycles. The van der Waals surface area contributed by atoms with Crippen LogP contribution in [-0.4, -0.2) is 49.9 Å². The van der Waals surface area contributed by atoms with Gasteiger partial charge in [-0.05, 0) is 72.1 Å². The number of aromatic nitrogens is 3. The van der Waals surface area contributed by atoms with Gasteiger partial charge in [0, 0.05) is 42.8 Å². The minimum atomic E-state index is -0.585. The Labute approximate surface area is 285 Å². The first kappa shape index (κ1) is 34.9. The molecule has 11 heteroatoms. The van der Waals surface area contributed by atoms with Crippen LogP contribution >= 0.6 is 11.3 Å². The lowest BCUT2D eigenvalue weighted by Crippen LogP contribution is -2.39. The van der Waals surface area contributed by atoms with E-state index in [2.05, 4.69) is 55.4 Å². The highest BCUT2D eigenvalue weighted by molar-refractivity contribution is 7.17. The lowest BCUT2D eigenvalue weighted by molar-refractivity contribution is -0.127. The van der Waals surface area contributed by atoms with E-state index in [0.717, 1.165) is 34.3 Å². The van der Waals surface area contributed by atoms with Crippen LogP contribution in [0.3, 0.4) is 0 Å². The number of fused-ring (bicyclic) bond motifs is 1. The summed E-state index contributed by atoms with van der Waals surface area (Å²) in [6.07, 6.45) is 4.70. The van der Waals surface area contributed by atoms with Crippen molar-refractivity contribution in [2.75, 3.05) is 11.9 Å². The SMILES string of the molecule is CC(NCc1ccc2c(c1)nc(NC(=O)c1ccc(-c3ccnc(F)c3)s1)n2CC1CCCN1C(=O)C(C#N)=CC(C)(C)C)C(C)(C)C. The van der Waals surface area contributed by atoms with Gasteiger partial charge in [0.1, 0.15) is 11.6 Å². The number of carbonyl (C=O) groups is 2. The first-order chi connectivity index (χ1) is 22.6. The number of pyridine rings is 1. The van der Waals surface area contributed by atoms with Crippen molar-refractivity contribution >= 4 is 40.1 Å². The molecule has 3 aromatic heterocycles. The zero-order chi connectivity index (χ0) is 34.8. The van der Waals surface area contributed by atoms with E-state index in [-0.39, 0.29) is 40.3 Å². The predicted molar refractivity (Wildman–Crippen MR) is 189 cm³/mol. The summed E-state index contributed by atoms with van der Waals surface area (Å²) in [5.41, 5.74) is 3.20. The number of nitrogens with zero attached hydrogens (tertiary/aromatic N) is 5. The number of thiophene rings is 1. The van der Waals surface area contributed by atoms with E-state index in [1.54, 1.807) is 29.2 Å². The zero-order valence-electron chi connectivity index (χ0n) is 28.7. The summed E-state index contributed by atoms with van der Waals surface area (Å²) in [5.74, 6) is -0.821. The molecule has 1 aliphatic rings. The molecule has 1 aromatic carbocycles. The molecule has 9 nitrogen and oxygen atoms in total. The van der Waals surface area contributed by atoms with Crippen molar-refractivity contribution in [3.63, 3.8) is 0 Å². The van der Waals surface area contributed by atoms with Gasteiger partial charge in [-0.1, -0.05) is 53.7 Å². The van der Waals surface area contributed by atoms with Gasteiger partial charge in [0.05, 0.1) is 22.0 Å². The summed E-state index contributed by atoms with van der Waals surface area (Å²) in [4.78, 5) is 38.7. The molecule has 0 bridgehead atoms. The van der Waals surface area contributed by atoms with Gasteiger partial charge in [-0.2, -0.15) is 9.65 Å². The molecule has 2 atom stereocenters. The quantitative estimate of drug-likeness (QED) is 0.108. The molecule has 48 heavy (non-hydrogen) atoms. The fourth-order valence-corrected chi connectivity index (χ4v) is 6.61. The number of nitriles is 1. The number of carbonyl (C=O) groups excluding carboxylic acids is 2. The smallest absolute Gasteiger partial charge is 0.268 e. The molecule has 2 amide bonds. The topological polar surface area (TPSA) is 116 Å². The molecule has 252 valence electrons. The van der Waals surface area contributed by atoms with Crippen molar-refractivity contribution in [1.82, 2.24) is 24.8 Å². The largest absolute Gasteiger partial charge is 0.333 e. The Morgan fingerprint density at radius 3 is 2.60 bits per heavy atom. The molecule has 2 N–H and O–H groups in total. The van der Waals surface area contributed by atoms with Crippen molar-refractivity contribution in [3.05, 3.63) is 76.7 Å². The standard InChI is InChI=1S/C37H44FN7O2S/c1-23(37(5,6)7)41-21-24-10-11-29-28(17-24)42-35(43-33(46)31-13-12-30(48-31)25-14-15-40-32(38)18-25)45(29)22-27-9-8-16-44(27)34(47)26(20-39)19-36(2,3)4/h10-15,17-19,23,27,41H,8-9,16,21-22H2,1-7H3,(H,42,43,46). The highest BCUT2D eigenvalue weighted by atomic mass is 32.1. The van der Waals surface area contributed by atoms with E-state index in [1.807, 2.05) is 37.5 Å². The first-order valence-electron chi connectivity index (χ1n) is 16.3. The third-order valence-corrected chi connectivity index (χ3v) is 9.88. The van der Waals surface area contributed by atoms with Gasteiger partial charge in [-0.25, -0.2) is 9.97 Å². The summed E-state index contributed by atoms with van der Waals surface area (Å²) in [5, 5.41) is 16.5. The van der Waals surface area contributed by atoms with Crippen LogP contribution in [0.5, 0.6) is 0 Å². The van der Waals surface area contributed by atoms with Gasteiger partial charge in [-0.3, -0.25) is 14.9 Å². The Kier molecular flexibility index (Phi) is 10.2. The second-order valence-electron chi connectivity index (χ2n) is 14.7. The van der Waals surface area contributed by atoms with Crippen molar-refractivity contribution in [3.8, 4) is 16.5 Å². The molecule has 1 aliphatic heterocycles. The summed E-state index contributed by atoms with van der Waals surface area (Å²) in [7, 11) is 0. The van der Waals surface area contributed by atoms with Gasteiger partial charge in [-0.15, -0.1) is 11.3 Å². The Balaban J connectivity index is 1.46. The molecule has 2 unspecified atom stereocenters. The molecule has 0 radical (unpaired) electrons. The fraction of sp³-hybridized carbons (Fsp3) is 0.432. The van der Waals surface area contributed by atoms with Crippen molar-refractivity contribution in [2.24, 2.45) is 10.8 Å². The van der Waals surface area contributed by atoms with Gasteiger partial charge in [0.2, 0.25) is 11.9 Å². The zero-order valence-corrected chi connectivity index (χ0v) is 29.5. The number of allylic oxidation sites excluding steroid dienone is 1. The fourth-order valence-electron chi connectivity index (χ4n) is 5.71. The van der Waals surface area contributed by atoms with Crippen LogP contribution in [0.2, 0.25) is 0 Å². The average molecular weight is 670 g/mol. The molecule has 4 aromatic rings. The van der Waals surface area contributed by atoms with E-state index in [9.17, 15) is 19.2 Å². The lowest BCUT2D eigenvalue weighted by atomic mass is 9.88. The van der Waals surface area contributed by atoms with Gasteiger partial charge < -0.3 is 14.8 Å². The predicted octanol–water partition coefficient (Wildman–Crippen LogP) is 7.56. The average Bonchev–Trinajstić information content (AvgIpc) is 3.77. The third-order valence-electron chi connectivity index (χ3n) is 8.75. The van der Waals surface area contributed by atoms with Crippen LogP contribution in [0.15, 0.2) is 60.3 Å². The molecular formula is C37H44FN7O2S. The summed E-state index contributed by atoms with van der Waals surface area (Å²) >= 11 is 1.25. The monoisotopic (exact) mass is 669 g/mol. The van der Waals surface area contributed by atoms with Crippen molar-refractivity contribution in [2.45, 2.75) is 86.5 Å². The van der Waals surface area contributed by atoms with Crippen molar-refractivity contribution < 1.29 is 14.0 Å². The number of imidazole rings is 1. The number of hydrogen-bond donors (Lipinski definition) is 2. The maximum Gasteiger partial charge on any atom is 0.268 e. The van der Waals surface area contributed by atoms with Gasteiger partial charge in [0.15, 0.2) is 0 Å². The number of rotatable bonds is 9. The van der Waals surface area contributed by atoms with Crippen LogP contribution in [0.1, 0.15) is 76.5 Å². The number of halogens is 1. The minimum Gasteiger partial charge on any atom is -0.333 e. The molecule has 0 saturated carbocycles. The van der Waals surface area contributed by atoms with E-state index < -0.39 is 5.95 Å². The number of amides is 2. The Hall–Kier alpha value is -4.40. The number of nitrogens with one attached hydrogen (secondary N) is 2. The van der Waals surface area contributed by atoms with Crippen LogP contribution in [0, 0.1) is 28.1 Å². The van der Waals surface area contributed by atoms with E-state index >= 15 is 0 Å². The molecule has 0 spiro atoms. The molecule has 4 heterocycles. The Morgan fingerprint density at radius 1 is 1.15 bits per heavy atom. The molecule has 1 saturated heterocycles. The Bertz CT molecular complexity index is 1890. The van der Waals surface area contributed by atoms with E-state index in [0.29, 0.717) is 36.0 Å². The van der Waals surface area contributed by atoms with Gasteiger partial charge >= 0.3 is 0 Å². The number of likely N-dealkylation sites (tertiary alicyclic amines) is 1. The maximum atomic E-state index is 13.8. The highest BCUT2D eigenvalue weighted by Gasteiger charge is 2.33. The Morgan fingerprint density at radius 2 is 1.92 bits per heavy atom. The van der Waals surface area contributed by atoms with Crippen LogP contribution in [-0.2, 0) is 17.9 Å². The first-order valence-corrected chi connectivity index (χ1v) is 17.1. The minimum absolute atomic E-state index is 0.106. The second kappa shape index (κ2) is 14.0. The summed E-state index contributed by atoms with van der Waals surface area (Å²) in [6, 6.07) is 14.9. The van der Waals surface area contributed by atoms with Gasteiger partial charge in [0.25, 0.3) is 11.8 Å². The normalized spacial score (nSPS) is 16.3. The molecule has 1 fully saturated rings. The molecule has 5 rings (SSSR count). The van der Waals surface area contributed by atoms with E-state index in [1.165, 1.54) is 23.6 Å². The maximum absolute atomic E-state index is 13.8. The summed E-state index contributed by atoms with van der Waals surface area (Å²) in [6.45, 7) is 16.3. The van der Waals surface area contributed by atoms with Crippen LogP contribution < -0.4 is 10.6 Å².